The van der Waals surface area contributed by atoms with Gasteiger partial charge in [0.1, 0.15) is 12.4 Å². The van der Waals surface area contributed by atoms with Crippen LogP contribution in [-0.2, 0) is 4.79 Å². The van der Waals surface area contributed by atoms with E-state index >= 15 is 0 Å². The summed E-state index contributed by atoms with van der Waals surface area (Å²) in [7, 11) is 3.65. The van der Waals surface area contributed by atoms with Gasteiger partial charge in [-0.25, -0.2) is 0 Å². The van der Waals surface area contributed by atoms with Gasteiger partial charge < -0.3 is 20.3 Å². The number of ether oxygens (including phenoxy) is 1. The molecule has 1 aromatic carbocycles. The third-order valence-corrected chi connectivity index (χ3v) is 3.54. The number of halogens is 1. The normalized spacial score (nSPS) is 11.1. The quantitative estimate of drug-likeness (QED) is 0.526. The Labute approximate surface area is 149 Å². The highest BCUT2D eigenvalue weighted by atomic mass is 35.5. The second-order valence-corrected chi connectivity index (χ2v) is 5.73. The van der Waals surface area contributed by atoms with Gasteiger partial charge >= 0.3 is 0 Å². The van der Waals surface area contributed by atoms with Crippen molar-refractivity contribution in [2.24, 2.45) is 4.99 Å². The number of hydrogen-bond donors (Lipinski definition) is 2. The zero-order chi connectivity index (χ0) is 17.8. The number of nitrogens with zero attached hydrogens (tertiary/aromatic N) is 2. The zero-order valence-corrected chi connectivity index (χ0v) is 15.4. The van der Waals surface area contributed by atoms with Crippen molar-refractivity contribution in [3.8, 4) is 5.75 Å². The summed E-state index contributed by atoms with van der Waals surface area (Å²) in [5.41, 5.74) is 0. The number of carbonyl (C=O) groups is 1. The molecule has 0 radical (unpaired) electrons. The Balaban J connectivity index is 2.26. The second-order valence-electron chi connectivity index (χ2n) is 5.30. The van der Waals surface area contributed by atoms with Crippen LogP contribution in [0, 0.1) is 0 Å². The number of amides is 1. The second kappa shape index (κ2) is 11.6. The molecule has 7 heteroatoms. The van der Waals surface area contributed by atoms with Gasteiger partial charge in [-0.05, 0) is 30.7 Å². The molecule has 1 aromatic rings. The minimum absolute atomic E-state index is 0.0496. The van der Waals surface area contributed by atoms with Gasteiger partial charge in [0.15, 0.2) is 5.96 Å². The van der Waals surface area contributed by atoms with E-state index in [1.807, 2.05) is 31.0 Å². The highest BCUT2D eigenvalue weighted by molar-refractivity contribution is 6.30. The Kier molecular flexibility index (Phi) is 9.68. The molecule has 1 rings (SSSR count). The molecule has 6 nitrogen and oxygen atoms in total. The van der Waals surface area contributed by atoms with Crippen molar-refractivity contribution < 1.29 is 9.53 Å². The fourth-order valence-corrected chi connectivity index (χ4v) is 2.09. The molecule has 0 heterocycles. The number of nitrogens with one attached hydrogen (secondary N) is 2. The van der Waals surface area contributed by atoms with Crippen LogP contribution in [0.3, 0.4) is 0 Å². The third-order valence-electron chi connectivity index (χ3n) is 3.29. The fourth-order valence-electron chi connectivity index (χ4n) is 1.96. The maximum atomic E-state index is 11.6. The summed E-state index contributed by atoms with van der Waals surface area (Å²) in [5, 5.41) is 6.71. The van der Waals surface area contributed by atoms with E-state index in [-0.39, 0.29) is 5.91 Å². The lowest BCUT2D eigenvalue weighted by molar-refractivity contribution is -0.120. The van der Waals surface area contributed by atoms with Gasteiger partial charge in [0.2, 0.25) is 5.91 Å². The van der Waals surface area contributed by atoms with Gasteiger partial charge in [0.25, 0.3) is 0 Å². The van der Waals surface area contributed by atoms with E-state index < -0.39 is 0 Å². The standard InChI is InChI=1S/C17H27ClN4O2/c1-4-10-20-16(23)9-11-21-17(19-2)22(3)12-13-24-15-7-5-14(18)6-8-15/h5-8H,4,9-13H2,1-3H3,(H,19,21)(H,20,23). The number of rotatable bonds is 9. The molecule has 0 unspecified atom stereocenters. The first-order valence-corrected chi connectivity index (χ1v) is 8.51. The number of benzene rings is 1. The van der Waals surface area contributed by atoms with Crippen molar-refractivity contribution in [2.75, 3.05) is 40.3 Å². The average Bonchev–Trinajstić information content (AvgIpc) is 2.58. The Morgan fingerprint density at radius 2 is 1.96 bits per heavy atom. The highest BCUT2D eigenvalue weighted by Gasteiger charge is 2.07. The molecule has 0 aliphatic rings. The van der Waals surface area contributed by atoms with Crippen molar-refractivity contribution >= 4 is 23.5 Å². The van der Waals surface area contributed by atoms with Crippen molar-refractivity contribution in [3.05, 3.63) is 29.3 Å². The van der Waals surface area contributed by atoms with Crippen LogP contribution in [0.1, 0.15) is 19.8 Å². The Hall–Kier alpha value is -1.95. The Morgan fingerprint density at radius 1 is 1.25 bits per heavy atom. The summed E-state index contributed by atoms with van der Waals surface area (Å²) in [6.07, 6.45) is 1.37. The number of guanidine groups is 1. The summed E-state index contributed by atoms with van der Waals surface area (Å²) in [6.45, 7) is 4.49. The number of likely N-dealkylation sites (N-methyl/N-ethyl adjacent to an activating group) is 1. The van der Waals surface area contributed by atoms with Gasteiger partial charge in [0.05, 0.1) is 6.54 Å². The van der Waals surface area contributed by atoms with Gasteiger partial charge in [-0.3, -0.25) is 9.79 Å². The smallest absolute Gasteiger partial charge is 0.221 e. The molecule has 0 spiro atoms. The molecule has 0 aliphatic carbocycles. The summed E-state index contributed by atoms with van der Waals surface area (Å²) in [6, 6.07) is 7.27. The molecule has 24 heavy (non-hydrogen) atoms. The molecule has 0 fully saturated rings. The lowest BCUT2D eigenvalue weighted by atomic mass is 10.3. The monoisotopic (exact) mass is 354 g/mol. The van der Waals surface area contributed by atoms with Crippen LogP contribution in [0.5, 0.6) is 5.75 Å². The SMILES string of the molecule is CCCNC(=O)CCNC(=NC)N(C)CCOc1ccc(Cl)cc1. The molecule has 0 saturated carbocycles. The lowest BCUT2D eigenvalue weighted by Crippen LogP contribution is -2.42. The molecule has 2 N–H and O–H groups in total. The Morgan fingerprint density at radius 3 is 2.58 bits per heavy atom. The minimum atomic E-state index is 0.0496. The van der Waals surface area contributed by atoms with Crippen molar-refractivity contribution in [1.29, 1.82) is 0 Å². The van der Waals surface area contributed by atoms with Crippen LogP contribution in [0.4, 0.5) is 0 Å². The van der Waals surface area contributed by atoms with Gasteiger partial charge in [-0.1, -0.05) is 18.5 Å². The maximum absolute atomic E-state index is 11.6. The van der Waals surface area contributed by atoms with Gasteiger partial charge in [-0.15, -0.1) is 0 Å². The van der Waals surface area contributed by atoms with Crippen molar-refractivity contribution in [2.45, 2.75) is 19.8 Å². The topological polar surface area (TPSA) is 66.0 Å². The van der Waals surface area contributed by atoms with E-state index in [2.05, 4.69) is 15.6 Å². The molecule has 0 saturated heterocycles. The van der Waals surface area contributed by atoms with E-state index in [0.29, 0.717) is 31.1 Å². The summed E-state index contributed by atoms with van der Waals surface area (Å²) in [5.74, 6) is 1.56. The van der Waals surface area contributed by atoms with E-state index in [9.17, 15) is 4.79 Å². The van der Waals surface area contributed by atoms with Crippen LogP contribution in [-0.4, -0.2) is 57.1 Å². The predicted molar refractivity (Wildman–Crippen MR) is 98.9 cm³/mol. The summed E-state index contributed by atoms with van der Waals surface area (Å²) >= 11 is 5.84. The molecule has 1 amide bonds. The van der Waals surface area contributed by atoms with Crippen LogP contribution < -0.4 is 15.4 Å². The number of aliphatic imine (C=N–C) groups is 1. The molecule has 134 valence electrons. The summed E-state index contributed by atoms with van der Waals surface area (Å²) in [4.78, 5) is 17.7. The zero-order valence-electron chi connectivity index (χ0n) is 14.6. The van der Waals surface area contributed by atoms with Crippen molar-refractivity contribution in [3.63, 3.8) is 0 Å². The van der Waals surface area contributed by atoms with E-state index in [1.54, 1.807) is 19.2 Å². The van der Waals surface area contributed by atoms with Gasteiger partial charge in [-0.2, -0.15) is 0 Å². The van der Waals surface area contributed by atoms with Crippen LogP contribution in [0.25, 0.3) is 0 Å². The van der Waals surface area contributed by atoms with E-state index in [4.69, 9.17) is 16.3 Å². The van der Waals surface area contributed by atoms with Crippen LogP contribution in [0.2, 0.25) is 5.02 Å². The van der Waals surface area contributed by atoms with E-state index in [0.717, 1.165) is 24.7 Å². The first-order chi connectivity index (χ1) is 11.6. The lowest BCUT2D eigenvalue weighted by Gasteiger charge is -2.22. The highest BCUT2D eigenvalue weighted by Crippen LogP contribution is 2.15. The fraction of sp³-hybridized carbons (Fsp3) is 0.529. The first-order valence-electron chi connectivity index (χ1n) is 8.13. The molecule has 0 aliphatic heterocycles. The predicted octanol–water partition coefficient (Wildman–Crippen LogP) is 2.14. The molecule has 0 atom stereocenters. The minimum Gasteiger partial charge on any atom is -0.492 e. The van der Waals surface area contributed by atoms with Crippen molar-refractivity contribution in [1.82, 2.24) is 15.5 Å². The van der Waals surface area contributed by atoms with E-state index in [1.165, 1.54) is 0 Å². The maximum Gasteiger partial charge on any atom is 0.221 e. The van der Waals surface area contributed by atoms with Crippen LogP contribution in [0.15, 0.2) is 29.3 Å². The first kappa shape index (κ1) is 20.1. The van der Waals surface area contributed by atoms with Gasteiger partial charge in [0, 0.05) is 38.6 Å². The Bertz CT molecular complexity index is 520. The number of hydrogen-bond acceptors (Lipinski definition) is 3. The molecule has 0 aromatic heterocycles. The third kappa shape index (κ3) is 8.06. The molecular weight excluding hydrogens is 328 g/mol. The molecule has 0 bridgehead atoms. The van der Waals surface area contributed by atoms with Crippen LogP contribution >= 0.6 is 11.6 Å². The number of carbonyl (C=O) groups excluding carboxylic acids is 1. The largest absolute Gasteiger partial charge is 0.492 e. The average molecular weight is 355 g/mol. The summed E-state index contributed by atoms with van der Waals surface area (Å²) < 4.78 is 5.67. The molecular formula is C17H27ClN4O2.